The molecule has 1 N–H and O–H groups in total. The maximum absolute atomic E-state index is 11.8. The van der Waals surface area contributed by atoms with E-state index < -0.39 is 0 Å². The fourth-order valence-corrected chi connectivity index (χ4v) is 1.91. The van der Waals surface area contributed by atoms with Gasteiger partial charge in [0, 0.05) is 33.3 Å². The molecule has 0 radical (unpaired) electrons. The zero-order chi connectivity index (χ0) is 12.4. The number of amides is 2. The highest BCUT2D eigenvalue weighted by molar-refractivity contribution is 6.00. The number of carbonyl (C=O) groups excluding carboxylic acids is 2. The number of carbonyl (C=O) groups is 2. The summed E-state index contributed by atoms with van der Waals surface area (Å²) < 4.78 is 1.76. The molecule has 1 atom stereocenters. The lowest BCUT2D eigenvalue weighted by molar-refractivity contribution is -0.148. The van der Waals surface area contributed by atoms with Crippen molar-refractivity contribution in [3.8, 4) is 0 Å². The SMILES string of the molecule is CN1C(=O)CCC(NCc2ccnn2C)C1=O. The molecule has 1 aromatic rings. The Balaban J connectivity index is 1.94. The largest absolute Gasteiger partial charge is 0.300 e. The van der Waals surface area contributed by atoms with Crippen LogP contribution in [0.1, 0.15) is 18.5 Å². The molecule has 17 heavy (non-hydrogen) atoms. The molecule has 2 rings (SSSR count). The molecule has 0 bridgehead atoms. The van der Waals surface area contributed by atoms with Crippen LogP contribution in [-0.4, -0.2) is 39.6 Å². The van der Waals surface area contributed by atoms with Crippen molar-refractivity contribution in [1.82, 2.24) is 20.0 Å². The van der Waals surface area contributed by atoms with Crippen molar-refractivity contribution < 1.29 is 9.59 Å². The monoisotopic (exact) mass is 236 g/mol. The van der Waals surface area contributed by atoms with Crippen LogP contribution in [0.4, 0.5) is 0 Å². The van der Waals surface area contributed by atoms with Crippen LogP contribution in [0.2, 0.25) is 0 Å². The lowest BCUT2D eigenvalue weighted by atomic mass is 10.0. The van der Waals surface area contributed by atoms with Gasteiger partial charge in [0.2, 0.25) is 11.8 Å². The molecule has 6 nitrogen and oxygen atoms in total. The van der Waals surface area contributed by atoms with Gasteiger partial charge in [0.1, 0.15) is 0 Å². The van der Waals surface area contributed by atoms with Crippen molar-refractivity contribution >= 4 is 11.8 Å². The normalized spacial score (nSPS) is 21.1. The van der Waals surface area contributed by atoms with Crippen molar-refractivity contribution in [1.29, 1.82) is 0 Å². The van der Waals surface area contributed by atoms with Crippen LogP contribution >= 0.6 is 0 Å². The molecule has 92 valence electrons. The van der Waals surface area contributed by atoms with E-state index in [1.165, 1.54) is 11.9 Å². The first-order valence-electron chi connectivity index (χ1n) is 5.60. The fraction of sp³-hybridized carbons (Fsp3) is 0.545. The number of nitrogens with one attached hydrogen (secondary N) is 1. The van der Waals surface area contributed by atoms with E-state index in [0.717, 1.165) is 5.69 Å². The molecule has 1 saturated heterocycles. The Hall–Kier alpha value is -1.69. The van der Waals surface area contributed by atoms with Gasteiger partial charge in [0.15, 0.2) is 0 Å². The molecule has 1 aliphatic rings. The molecule has 1 fully saturated rings. The predicted octanol–water partition coefficient (Wildman–Crippen LogP) is -0.343. The molecule has 1 aliphatic heterocycles. The Morgan fingerprint density at radius 2 is 2.24 bits per heavy atom. The van der Waals surface area contributed by atoms with E-state index in [1.54, 1.807) is 10.9 Å². The maximum Gasteiger partial charge on any atom is 0.246 e. The van der Waals surface area contributed by atoms with Gasteiger partial charge in [-0.1, -0.05) is 0 Å². The Kier molecular flexibility index (Phi) is 3.23. The highest BCUT2D eigenvalue weighted by Gasteiger charge is 2.31. The molecule has 0 aliphatic carbocycles. The molecule has 1 aromatic heterocycles. The van der Waals surface area contributed by atoms with Gasteiger partial charge in [-0.05, 0) is 12.5 Å². The first-order valence-corrected chi connectivity index (χ1v) is 5.60. The molecule has 2 amide bonds. The second-order valence-corrected chi connectivity index (χ2v) is 4.21. The van der Waals surface area contributed by atoms with Crippen LogP contribution in [0.25, 0.3) is 0 Å². The summed E-state index contributed by atoms with van der Waals surface area (Å²) in [6.07, 6.45) is 2.71. The topological polar surface area (TPSA) is 67.2 Å². The lowest BCUT2D eigenvalue weighted by Crippen LogP contribution is -2.51. The number of aromatic nitrogens is 2. The van der Waals surface area contributed by atoms with Crippen LogP contribution in [0.5, 0.6) is 0 Å². The Morgan fingerprint density at radius 1 is 1.47 bits per heavy atom. The minimum Gasteiger partial charge on any atom is -0.300 e. The summed E-state index contributed by atoms with van der Waals surface area (Å²) in [5.74, 6) is -0.253. The number of piperidine rings is 1. The van der Waals surface area contributed by atoms with Crippen LogP contribution < -0.4 is 5.32 Å². The van der Waals surface area contributed by atoms with E-state index in [0.29, 0.717) is 19.4 Å². The molecule has 2 heterocycles. The van der Waals surface area contributed by atoms with Gasteiger partial charge in [-0.25, -0.2) is 0 Å². The molecule has 0 spiro atoms. The minimum absolute atomic E-state index is 0.103. The second-order valence-electron chi connectivity index (χ2n) is 4.21. The van der Waals surface area contributed by atoms with E-state index in [4.69, 9.17) is 0 Å². The van der Waals surface area contributed by atoms with Gasteiger partial charge < -0.3 is 5.32 Å². The van der Waals surface area contributed by atoms with Gasteiger partial charge in [-0.2, -0.15) is 5.10 Å². The van der Waals surface area contributed by atoms with Crippen LogP contribution in [0.15, 0.2) is 12.3 Å². The lowest BCUT2D eigenvalue weighted by Gasteiger charge is -2.28. The van der Waals surface area contributed by atoms with Gasteiger partial charge in [0.05, 0.1) is 11.7 Å². The van der Waals surface area contributed by atoms with Crippen LogP contribution in [0.3, 0.4) is 0 Å². The van der Waals surface area contributed by atoms with E-state index in [2.05, 4.69) is 10.4 Å². The summed E-state index contributed by atoms with van der Waals surface area (Å²) in [7, 11) is 3.39. The number of nitrogens with zero attached hydrogens (tertiary/aromatic N) is 3. The van der Waals surface area contributed by atoms with Crippen molar-refractivity contribution in [2.24, 2.45) is 7.05 Å². The molecular formula is C11H16N4O2. The quantitative estimate of drug-likeness (QED) is 0.729. The summed E-state index contributed by atoms with van der Waals surface area (Å²) in [5.41, 5.74) is 1.01. The molecular weight excluding hydrogens is 220 g/mol. The van der Waals surface area contributed by atoms with Gasteiger partial charge in [0.25, 0.3) is 0 Å². The Morgan fingerprint density at radius 3 is 2.88 bits per heavy atom. The Bertz CT molecular complexity index is 440. The first-order chi connectivity index (χ1) is 8.09. The average Bonchev–Trinajstić information content (AvgIpc) is 2.71. The number of aryl methyl sites for hydroxylation is 1. The number of imide groups is 1. The summed E-state index contributed by atoms with van der Waals surface area (Å²) in [6, 6.07) is 1.63. The van der Waals surface area contributed by atoms with Crippen molar-refractivity contribution in [3.63, 3.8) is 0 Å². The third-order valence-electron chi connectivity index (χ3n) is 3.10. The fourth-order valence-electron chi connectivity index (χ4n) is 1.91. The first kappa shape index (κ1) is 11.8. The third kappa shape index (κ3) is 2.36. The van der Waals surface area contributed by atoms with E-state index in [9.17, 15) is 9.59 Å². The molecule has 0 saturated carbocycles. The van der Waals surface area contributed by atoms with E-state index in [-0.39, 0.29) is 17.9 Å². The van der Waals surface area contributed by atoms with E-state index in [1.807, 2.05) is 13.1 Å². The minimum atomic E-state index is -0.271. The zero-order valence-electron chi connectivity index (χ0n) is 10.0. The second kappa shape index (κ2) is 4.67. The zero-order valence-corrected chi connectivity index (χ0v) is 10.0. The summed E-state index contributed by atoms with van der Waals surface area (Å²) in [6.45, 7) is 0.578. The predicted molar refractivity (Wildman–Crippen MR) is 60.8 cm³/mol. The van der Waals surface area contributed by atoms with Crippen molar-refractivity contribution in [2.75, 3.05) is 7.05 Å². The van der Waals surface area contributed by atoms with Crippen molar-refractivity contribution in [3.05, 3.63) is 18.0 Å². The third-order valence-corrected chi connectivity index (χ3v) is 3.10. The van der Waals surface area contributed by atoms with Crippen LogP contribution in [0, 0.1) is 0 Å². The average molecular weight is 236 g/mol. The summed E-state index contributed by atoms with van der Waals surface area (Å²) in [5, 5.41) is 7.21. The number of likely N-dealkylation sites (tertiary alicyclic amines) is 1. The standard InChI is InChI=1S/C11H16N4O2/c1-14-10(16)4-3-9(11(14)17)12-7-8-5-6-13-15(8)2/h5-6,9,12H,3-4,7H2,1-2H3. The summed E-state index contributed by atoms with van der Waals surface area (Å²) >= 11 is 0. The smallest absolute Gasteiger partial charge is 0.246 e. The summed E-state index contributed by atoms with van der Waals surface area (Å²) in [4.78, 5) is 24.3. The molecule has 1 unspecified atom stereocenters. The van der Waals surface area contributed by atoms with Gasteiger partial charge in [-0.15, -0.1) is 0 Å². The number of hydrogen-bond donors (Lipinski definition) is 1. The molecule has 0 aromatic carbocycles. The number of hydrogen-bond acceptors (Lipinski definition) is 4. The Labute approximate surface area is 99.6 Å². The highest BCUT2D eigenvalue weighted by Crippen LogP contribution is 2.12. The van der Waals surface area contributed by atoms with Crippen molar-refractivity contribution in [2.45, 2.75) is 25.4 Å². The number of rotatable bonds is 3. The van der Waals surface area contributed by atoms with Crippen LogP contribution in [-0.2, 0) is 23.2 Å². The number of likely N-dealkylation sites (N-methyl/N-ethyl adjacent to an activating group) is 1. The van der Waals surface area contributed by atoms with Gasteiger partial charge in [-0.3, -0.25) is 19.2 Å². The van der Waals surface area contributed by atoms with Gasteiger partial charge >= 0.3 is 0 Å². The highest BCUT2D eigenvalue weighted by atomic mass is 16.2. The van der Waals surface area contributed by atoms with E-state index >= 15 is 0 Å². The maximum atomic E-state index is 11.8. The molecule has 6 heteroatoms.